The lowest BCUT2D eigenvalue weighted by molar-refractivity contribution is -0.123. The topological polar surface area (TPSA) is 78.4 Å². The van der Waals surface area contributed by atoms with Crippen LogP contribution in [-0.2, 0) is 4.79 Å². The molecule has 0 bridgehead atoms. The maximum atomic E-state index is 12.0. The van der Waals surface area contributed by atoms with Crippen LogP contribution in [-0.4, -0.2) is 35.6 Å². The average Bonchev–Trinajstić information content (AvgIpc) is 2.54. The second-order valence-electron chi connectivity index (χ2n) is 5.45. The lowest BCUT2D eigenvalue weighted by Gasteiger charge is -2.21. The third-order valence-electron chi connectivity index (χ3n) is 3.86. The molecular weight excluding hydrogens is 280 g/mol. The van der Waals surface area contributed by atoms with Gasteiger partial charge in [0.05, 0.1) is 6.10 Å². The van der Waals surface area contributed by atoms with Crippen molar-refractivity contribution in [2.45, 2.75) is 45.8 Å². The highest BCUT2D eigenvalue weighted by atomic mass is 16.3. The summed E-state index contributed by atoms with van der Waals surface area (Å²) in [6, 6.07) is 8.10. The zero-order chi connectivity index (χ0) is 16.5. The Bertz CT molecular complexity index is 472. The summed E-state index contributed by atoms with van der Waals surface area (Å²) in [4.78, 5) is 23.9. The predicted octanol–water partition coefficient (Wildman–Crippen LogP) is 1.72. The molecule has 22 heavy (non-hydrogen) atoms. The third kappa shape index (κ3) is 5.48. The summed E-state index contributed by atoms with van der Waals surface area (Å²) < 4.78 is 0. The molecule has 0 aliphatic carbocycles. The van der Waals surface area contributed by atoms with Crippen molar-refractivity contribution in [2.24, 2.45) is 5.92 Å². The Hall–Kier alpha value is -1.88. The first-order valence-corrected chi connectivity index (χ1v) is 7.81. The van der Waals surface area contributed by atoms with Crippen molar-refractivity contribution in [1.29, 1.82) is 0 Å². The molecule has 0 aromatic heterocycles. The first kappa shape index (κ1) is 18.2. The fourth-order valence-corrected chi connectivity index (χ4v) is 2.29. The van der Waals surface area contributed by atoms with Gasteiger partial charge in [-0.05, 0) is 25.0 Å². The fraction of sp³-hybridized carbons (Fsp3) is 0.529. The number of nitrogens with one attached hydrogen (secondary N) is 2. The summed E-state index contributed by atoms with van der Waals surface area (Å²) in [5.74, 6) is -0.410. The maximum Gasteiger partial charge on any atom is 0.251 e. The molecule has 2 amide bonds. The number of carbonyl (C=O) groups excluding carboxylic acids is 2. The van der Waals surface area contributed by atoms with Gasteiger partial charge in [0.25, 0.3) is 5.91 Å². The van der Waals surface area contributed by atoms with Crippen molar-refractivity contribution < 1.29 is 14.7 Å². The van der Waals surface area contributed by atoms with E-state index in [1.54, 1.807) is 31.2 Å². The molecule has 0 saturated heterocycles. The smallest absolute Gasteiger partial charge is 0.251 e. The number of aliphatic hydroxyl groups is 1. The Morgan fingerprint density at radius 1 is 1.14 bits per heavy atom. The highest BCUT2D eigenvalue weighted by Gasteiger charge is 2.20. The normalized spacial score (nSPS) is 13.5. The number of carbonyl (C=O) groups is 2. The van der Waals surface area contributed by atoms with Gasteiger partial charge in [-0.15, -0.1) is 0 Å². The standard InChI is InChI=1S/C17H26N2O3/c1-4-13(5-2)15(20)11-18-16(21)12(3)19-17(22)14-9-7-6-8-10-14/h6-10,12-13,15,20H,4-5,11H2,1-3H3,(H,18,21)(H,19,22). The summed E-state index contributed by atoms with van der Waals surface area (Å²) in [5, 5.41) is 15.3. The Labute approximate surface area is 132 Å². The number of amides is 2. The molecule has 1 aromatic rings. The van der Waals surface area contributed by atoms with Crippen LogP contribution in [0.2, 0.25) is 0 Å². The van der Waals surface area contributed by atoms with E-state index in [1.807, 2.05) is 19.9 Å². The first-order valence-electron chi connectivity index (χ1n) is 7.81. The van der Waals surface area contributed by atoms with Gasteiger partial charge in [-0.25, -0.2) is 0 Å². The van der Waals surface area contributed by atoms with Crippen LogP contribution >= 0.6 is 0 Å². The highest BCUT2D eigenvalue weighted by molar-refractivity contribution is 5.97. The fourth-order valence-electron chi connectivity index (χ4n) is 2.29. The number of hydrogen-bond acceptors (Lipinski definition) is 3. The van der Waals surface area contributed by atoms with E-state index in [-0.39, 0.29) is 24.3 Å². The number of benzene rings is 1. The second kappa shape index (κ2) is 9.20. The van der Waals surface area contributed by atoms with Crippen LogP contribution in [0.25, 0.3) is 0 Å². The molecule has 0 aliphatic heterocycles. The molecule has 1 rings (SSSR count). The van der Waals surface area contributed by atoms with Crippen LogP contribution in [0.4, 0.5) is 0 Å². The van der Waals surface area contributed by atoms with Gasteiger partial charge in [0, 0.05) is 12.1 Å². The molecule has 0 aliphatic rings. The van der Waals surface area contributed by atoms with Crippen LogP contribution in [0.3, 0.4) is 0 Å². The Morgan fingerprint density at radius 2 is 1.73 bits per heavy atom. The predicted molar refractivity (Wildman–Crippen MR) is 86.5 cm³/mol. The van der Waals surface area contributed by atoms with Crippen LogP contribution in [0.15, 0.2) is 30.3 Å². The zero-order valence-corrected chi connectivity index (χ0v) is 13.5. The number of hydrogen-bond donors (Lipinski definition) is 3. The van der Waals surface area contributed by atoms with Gasteiger partial charge in [-0.3, -0.25) is 9.59 Å². The third-order valence-corrected chi connectivity index (χ3v) is 3.86. The molecule has 0 heterocycles. The highest BCUT2D eigenvalue weighted by Crippen LogP contribution is 2.12. The van der Waals surface area contributed by atoms with Crippen LogP contribution in [0.1, 0.15) is 44.0 Å². The van der Waals surface area contributed by atoms with E-state index in [1.165, 1.54) is 0 Å². The monoisotopic (exact) mass is 306 g/mol. The summed E-state index contributed by atoms with van der Waals surface area (Å²) >= 11 is 0. The molecule has 0 spiro atoms. The van der Waals surface area contributed by atoms with E-state index in [0.717, 1.165) is 12.8 Å². The van der Waals surface area contributed by atoms with Gasteiger partial charge < -0.3 is 15.7 Å². The van der Waals surface area contributed by atoms with Gasteiger partial charge in [0.2, 0.25) is 5.91 Å². The van der Waals surface area contributed by atoms with E-state index in [2.05, 4.69) is 10.6 Å². The minimum absolute atomic E-state index is 0.175. The van der Waals surface area contributed by atoms with E-state index >= 15 is 0 Å². The minimum atomic E-state index is -0.651. The molecule has 0 saturated carbocycles. The first-order chi connectivity index (χ1) is 10.5. The summed E-state index contributed by atoms with van der Waals surface area (Å²) in [6.45, 7) is 5.86. The Kier molecular flexibility index (Phi) is 7.60. The maximum absolute atomic E-state index is 12.0. The molecule has 0 radical (unpaired) electrons. The summed E-state index contributed by atoms with van der Waals surface area (Å²) in [5.41, 5.74) is 0.513. The molecular formula is C17H26N2O3. The van der Waals surface area contributed by atoms with E-state index in [4.69, 9.17) is 0 Å². The number of rotatable bonds is 8. The zero-order valence-electron chi connectivity index (χ0n) is 13.5. The van der Waals surface area contributed by atoms with E-state index in [0.29, 0.717) is 5.56 Å². The summed E-state index contributed by atoms with van der Waals surface area (Å²) in [6.07, 6.45) is 1.18. The molecule has 5 nitrogen and oxygen atoms in total. The van der Waals surface area contributed by atoms with Crippen molar-refractivity contribution in [3.8, 4) is 0 Å². The minimum Gasteiger partial charge on any atom is -0.391 e. The van der Waals surface area contributed by atoms with Crippen LogP contribution in [0, 0.1) is 5.92 Å². The quantitative estimate of drug-likeness (QED) is 0.684. The van der Waals surface area contributed by atoms with Crippen molar-refractivity contribution in [2.75, 3.05) is 6.54 Å². The van der Waals surface area contributed by atoms with Gasteiger partial charge in [-0.2, -0.15) is 0 Å². The molecule has 5 heteroatoms. The largest absolute Gasteiger partial charge is 0.391 e. The van der Waals surface area contributed by atoms with Crippen molar-refractivity contribution in [3.63, 3.8) is 0 Å². The molecule has 2 atom stereocenters. The SMILES string of the molecule is CCC(CC)C(O)CNC(=O)C(C)NC(=O)c1ccccc1. The Balaban J connectivity index is 2.44. The molecule has 0 fully saturated rings. The molecule has 122 valence electrons. The Morgan fingerprint density at radius 3 is 2.27 bits per heavy atom. The molecule has 3 N–H and O–H groups in total. The van der Waals surface area contributed by atoms with E-state index < -0.39 is 12.1 Å². The van der Waals surface area contributed by atoms with Gasteiger partial charge in [-0.1, -0.05) is 44.9 Å². The van der Waals surface area contributed by atoms with E-state index in [9.17, 15) is 14.7 Å². The van der Waals surface area contributed by atoms with Gasteiger partial charge in [0.15, 0.2) is 0 Å². The van der Waals surface area contributed by atoms with Crippen molar-refractivity contribution in [1.82, 2.24) is 10.6 Å². The number of aliphatic hydroxyl groups excluding tert-OH is 1. The summed E-state index contributed by atoms with van der Waals surface area (Å²) in [7, 11) is 0. The lowest BCUT2D eigenvalue weighted by atomic mass is 9.96. The van der Waals surface area contributed by atoms with Gasteiger partial charge >= 0.3 is 0 Å². The molecule has 2 unspecified atom stereocenters. The van der Waals surface area contributed by atoms with Gasteiger partial charge in [0.1, 0.15) is 6.04 Å². The van der Waals surface area contributed by atoms with Crippen LogP contribution < -0.4 is 10.6 Å². The lowest BCUT2D eigenvalue weighted by Crippen LogP contribution is -2.47. The molecule has 1 aromatic carbocycles. The van der Waals surface area contributed by atoms with Crippen LogP contribution in [0.5, 0.6) is 0 Å². The van der Waals surface area contributed by atoms with Crippen molar-refractivity contribution in [3.05, 3.63) is 35.9 Å². The second-order valence-corrected chi connectivity index (χ2v) is 5.45. The average molecular weight is 306 g/mol. The van der Waals surface area contributed by atoms with Crippen molar-refractivity contribution >= 4 is 11.8 Å².